The fourth-order valence-electron chi connectivity index (χ4n) is 1.64. The smallest absolute Gasteiger partial charge is 0.123 e. The highest BCUT2D eigenvalue weighted by Gasteiger charge is 2.08. The summed E-state index contributed by atoms with van der Waals surface area (Å²) in [6.45, 7) is 4.44. The standard InChI is InChI=1S/C13H18FNOS/c1-3-4-9(2)16-8-10-7-11(14)5-6-12(10)13(15)17/h5-7,9H,3-4,8H2,1-2H3,(H2,15,17). The third kappa shape index (κ3) is 4.40. The lowest BCUT2D eigenvalue weighted by Gasteiger charge is -2.14. The Labute approximate surface area is 107 Å². The Balaban J connectivity index is 2.75. The van der Waals surface area contributed by atoms with Gasteiger partial charge in [-0.2, -0.15) is 0 Å². The average Bonchev–Trinajstić information content (AvgIpc) is 2.26. The third-order valence-corrected chi connectivity index (χ3v) is 2.77. The Morgan fingerprint density at radius 1 is 1.53 bits per heavy atom. The second kappa shape index (κ2) is 6.67. The quantitative estimate of drug-likeness (QED) is 0.793. The van der Waals surface area contributed by atoms with Gasteiger partial charge >= 0.3 is 0 Å². The highest BCUT2D eigenvalue weighted by Crippen LogP contribution is 2.14. The van der Waals surface area contributed by atoms with Crippen LogP contribution in [0.2, 0.25) is 0 Å². The van der Waals surface area contributed by atoms with Gasteiger partial charge in [0.05, 0.1) is 12.7 Å². The maximum Gasteiger partial charge on any atom is 0.123 e. The second-order valence-corrected chi connectivity index (χ2v) is 4.52. The minimum atomic E-state index is -0.299. The van der Waals surface area contributed by atoms with E-state index in [1.165, 1.54) is 12.1 Å². The van der Waals surface area contributed by atoms with E-state index in [-0.39, 0.29) is 16.9 Å². The molecule has 1 atom stereocenters. The van der Waals surface area contributed by atoms with Gasteiger partial charge in [0, 0.05) is 5.56 Å². The molecule has 2 N–H and O–H groups in total. The zero-order valence-corrected chi connectivity index (χ0v) is 11.0. The number of hydrogen-bond acceptors (Lipinski definition) is 2. The predicted octanol–water partition coefficient (Wildman–Crippen LogP) is 3.17. The van der Waals surface area contributed by atoms with E-state index in [9.17, 15) is 4.39 Å². The van der Waals surface area contributed by atoms with Crippen molar-refractivity contribution < 1.29 is 9.13 Å². The van der Waals surface area contributed by atoms with Crippen LogP contribution >= 0.6 is 12.2 Å². The summed E-state index contributed by atoms with van der Waals surface area (Å²) in [6.07, 6.45) is 2.20. The Hall–Kier alpha value is -1.00. The lowest BCUT2D eigenvalue weighted by atomic mass is 10.1. The summed E-state index contributed by atoms with van der Waals surface area (Å²) >= 11 is 4.92. The number of halogens is 1. The highest BCUT2D eigenvalue weighted by molar-refractivity contribution is 7.80. The van der Waals surface area contributed by atoms with Crippen molar-refractivity contribution in [2.45, 2.75) is 39.4 Å². The molecule has 94 valence electrons. The molecule has 4 heteroatoms. The maximum absolute atomic E-state index is 13.1. The van der Waals surface area contributed by atoms with Gasteiger partial charge in [-0.3, -0.25) is 0 Å². The topological polar surface area (TPSA) is 35.2 Å². The summed E-state index contributed by atoms with van der Waals surface area (Å²) < 4.78 is 18.8. The van der Waals surface area contributed by atoms with Gasteiger partial charge in [0.15, 0.2) is 0 Å². The normalized spacial score (nSPS) is 12.4. The van der Waals surface area contributed by atoms with E-state index in [4.69, 9.17) is 22.7 Å². The molecular formula is C13H18FNOS. The van der Waals surface area contributed by atoms with Gasteiger partial charge in [0.25, 0.3) is 0 Å². The molecule has 0 spiro atoms. The fourth-order valence-corrected chi connectivity index (χ4v) is 1.84. The van der Waals surface area contributed by atoms with Crippen molar-refractivity contribution in [2.75, 3.05) is 0 Å². The number of rotatable bonds is 6. The molecule has 0 amide bonds. The van der Waals surface area contributed by atoms with Crippen molar-refractivity contribution in [3.63, 3.8) is 0 Å². The first-order valence-corrected chi connectivity index (χ1v) is 6.15. The molecule has 1 aromatic rings. The Kier molecular flexibility index (Phi) is 5.51. The van der Waals surface area contributed by atoms with Gasteiger partial charge in [-0.15, -0.1) is 0 Å². The van der Waals surface area contributed by atoms with Crippen molar-refractivity contribution >= 4 is 17.2 Å². The van der Waals surface area contributed by atoms with Crippen LogP contribution in [0, 0.1) is 5.82 Å². The Morgan fingerprint density at radius 3 is 2.82 bits per heavy atom. The largest absolute Gasteiger partial charge is 0.389 e. The Morgan fingerprint density at radius 2 is 2.24 bits per heavy atom. The van der Waals surface area contributed by atoms with Crippen LogP contribution in [-0.4, -0.2) is 11.1 Å². The van der Waals surface area contributed by atoms with Crippen molar-refractivity contribution in [1.82, 2.24) is 0 Å². The zero-order chi connectivity index (χ0) is 12.8. The molecule has 1 aromatic carbocycles. The van der Waals surface area contributed by atoms with Crippen LogP contribution in [0.3, 0.4) is 0 Å². The van der Waals surface area contributed by atoms with Crippen molar-refractivity contribution in [2.24, 2.45) is 5.73 Å². The van der Waals surface area contributed by atoms with Gasteiger partial charge in [0.2, 0.25) is 0 Å². The summed E-state index contributed by atoms with van der Waals surface area (Å²) in [5.41, 5.74) is 6.98. The molecule has 0 radical (unpaired) electrons. The minimum Gasteiger partial charge on any atom is -0.389 e. The molecule has 0 saturated heterocycles. The Bertz CT molecular complexity index is 395. The SMILES string of the molecule is CCCC(C)OCc1cc(F)ccc1C(N)=S. The number of thiocarbonyl (C=S) groups is 1. The maximum atomic E-state index is 13.1. The number of ether oxygens (including phenoxy) is 1. The van der Waals surface area contributed by atoms with E-state index < -0.39 is 0 Å². The molecule has 2 nitrogen and oxygen atoms in total. The minimum absolute atomic E-state index is 0.155. The van der Waals surface area contributed by atoms with Gasteiger partial charge in [-0.1, -0.05) is 25.6 Å². The third-order valence-electron chi connectivity index (χ3n) is 2.55. The molecule has 1 rings (SSSR count). The molecule has 0 bridgehead atoms. The summed E-state index contributed by atoms with van der Waals surface area (Å²) in [4.78, 5) is 0.270. The molecule has 0 aliphatic carbocycles. The number of hydrogen-bond donors (Lipinski definition) is 1. The summed E-state index contributed by atoms with van der Waals surface area (Å²) in [7, 11) is 0. The molecule has 0 aliphatic heterocycles. The summed E-state index contributed by atoms with van der Waals surface area (Å²) in [5.74, 6) is -0.299. The monoisotopic (exact) mass is 255 g/mol. The molecule has 1 unspecified atom stereocenters. The van der Waals surface area contributed by atoms with Gasteiger partial charge in [-0.25, -0.2) is 4.39 Å². The zero-order valence-electron chi connectivity index (χ0n) is 10.2. The average molecular weight is 255 g/mol. The lowest BCUT2D eigenvalue weighted by Crippen LogP contribution is -2.15. The highest BCUT2D eigenvalue weighted by atomic mass is 32.1. The summed E-state index contributed by atoms with van der Waals surface area (Å²) in [6, 6.07) is 4.38. The van der Waals surface area contributed by atoms with Crippen molar-refractivity contribution in [3.8, 4) is 0 Å². The molecule has 0 saturated carbocycles. The van der Waals surface area contributed by atoms with Crippen molar-refractivity contribution in [3.05, 3.63) is 35.1 Å². The van der Waals surface area contributed by atoms with Crippen LogP contribution in [0.5, 0.6) is 0 Å². The van der Waals surface area contributed by atoms with Crippen LogP contribution in [0.1, 0.15) is 37.8 Å². The second-order valence-electron chi connectivity index (χ2n) is 4.08. The van der Waals surface area contributed by atoms with Gasteiger partial charge in [-0.05, 0) is 37.1 Å². The van der Waals surface area contributed by atoms with Crippen LogP contribution in [0.4, 0.5) is 4.39 Å². The van der Waals surface area contributed by atoms with Crippen LogP contribution in [0.25, 0.3) is 0 Å². The van der Waals surface area contributed by atoms with E-state index in [2.05, 4.69) is 6.92 Å². The first-order chi connectivity index (χ1) is 8.04. The summed E-state index contributed by atoms with van der Waals surface area (Å²) in [5, 5.41) is 0. The molecule has 17 heavy (non-hydrogen) atoms. The lowest BCUT2D eigenvalue weighted by molar-refractivity contribution is 0.0470. The van der Waals surface area contributed by atoms with Gasteiger partial charge in [0.1, 0.15) is 10.8 Å². The van der Waals surface area contributed by atoms with Crippen LogP contribution in [-0.2, 0) is 11.3 Å². The van der Waals surface area contributed by atoms with E-state index in [0.717, 1.165) is 12.8 Å². The van der Waals surface area contributed by atoms with E-state index in [1.54, 1.807) is 6.07 Å². The van der Waals surface area contributed by atoms with E-state index in [0.29, 0.717) is 17.7 Å². The molecule has 0 fully saturated rings. The van der Waals surface area contributed by atoms with Crippen molar-refractivity contribution in [1.29, 1.82) is 0 Å². The van der Waals surface area contributed by atoms with Crippen LogP contribution < -0.4 is 5.73 Å². The first kappa shape index (κ1) is 14.1. The van der Waals surface area contributed by atoms with E-state index >= 15 is 0 Å². The molecule has 0 aromatic heterocycles. The number of nitrogens with two attached hydrogens (primary N) is 1. The number of benzene rings is 1. The van der Waals surface area contributed by atoms with E-state index in [1.807, 2.05) is 6.92 Å². The predicted molar refractivity (Wildman–Crippen MR) is 71.4 cm³/mol. The fraction of sp³-hybridized carbons (Fsp3) is 0.462. The molecular weight excluding hydrogens is 237 g/mol. The molecule has 0 heterocycles. The first-order valence-electron chi connectivity index (χ1n) is 5.74. The molecule has 0 aliphatic rings. The van der Waals surface area contributed by atoms with Gasteiger partial charge < -0.3 is 10.5 Å². The van der Waals surface area contributed by atoms with Crippen LogP contribution in [0.15, 0.2) is 18.2 Å².